The van der Waals surface area contributed by atoms with Crippen LogP contribution in [0.1, 0.15) is 0 Å². The Hall–Kier alpha value is -0.250. The number of sulfonamides is 1. The molecule has 0 fully saturated rings. The maximum atomic E-state index is 11.4. The molecule has 0 aliphatic heterocycles. The average Bonchev–Trinajstić information content (AvgIpc) is 2.23. The zero-order valence-corrected chi connectivity index (χ0v) is 9.33. The predicted molar refractivity (Wildman–Crippen MR) is 52.8 cm³/mol. The Kier molecular flexibility index (Phi) is 6.25. The summed E-state index contributed by atoms with van der Waals surface area (Å²) in [6.07, 6.45) is 0. The molecule has 0 radical (unpaired) electrons. The van der Waals surface area contributed by atoms with Crippen molar-refractivity contribution in [1.82, 2.24) is 4.72 Å². The van der Waals surface area contributed by atoms with Crippen LogP contribution in [0.5, 0.6) is 0 Å². The summed E-state index contributed by atoms with van der Waals surface area (Å²) in [6.45, 7) is -2.07. The molecule has 0 atom stereocenters. The smallest absolute Gasteiger partial charge is 0.214 e. The number of nitrogens with one attached hydrogen (secondary N) is 1. The normalized spacial score (nSPS) is 13.1. The lowest BCUT2D eigenvalue weighted by molar-refractivity contribution is 0.0580. The molecule has 4 N–H and O–H groups in total. The molecule has 0 aromatic heterocycles. The average molecular weight is 243 g/mol. The van der Waals surface area contributed by atoms with Crippen molar-refractivity contribution < 1.29 is 28.5 Å². The molecule has 15 heavy (non-hydrogen) atoms. The van der Waals surface area contributed by atoms with Crippen LogP contribution in [0.25, 0.3) is 0 Å². The van der Waals surface area contributed by atoms with Crippen molar-refractivity contribution in [1.29, 1.82) is 0 Å². The molecule has 0 saturated heterocycles. The molecule has 0 aromatic carbocycles. The van der Waals surface area contributed by atoms with Gasteiger partial charge in [-0.05, 0) is 0 Å². The van der Waals surface area contributed by atoms with Crippen LogP contribution in [0.3, 0.4) is 0 Å². The van der Waals surface area contributed by atoms with E-state index in [1.54, 1.807) is 0 Å². The fraction of sp³-hybridized carbons (Fsp3) is 1.00. The van der Waals surface area contributed by atoms with E-state index in [4.69, 9.17) is 15.3 Å². The first-order valence-corrected chi connectivity index (χ1v) is 5.93. The van der Waals surface area contributed by atoms with Crippen molar-refractivity contribution >= 4 is 10.0 Å². The van der Waals surface area contributed by atoms with Crippen LogP contribution in [0, 0.1) is 0 Å². The maximum absolute atomic E-state index is 11.4. The van der Waals surface area contributed by atoms with Gasteiger partial charge in [-0.1, -0.05) is 0 Å². The lowest BCUT2D eigenvalue weighted by atomic mass is 10.1. The second kappa shape index (κ2) is 6.36. The molecule has 0 rings (SSSR count). The first-order valence-electron chi connectivity index (χ1n) is 4.28. The molecule has 0 aliphatic carbocycles. The number of hydrogen-bond donors (Lipinski definition) is 4. The second-order valence-electron chi connectivity index (χ2n) is 3.17. The van der Waals surface area contributed by atoms with Gasteiger partial charge in [-0.3, -0.25) is 0 Å². The monoisotopic (exact) mass is 243 g/mol. The van der Waals surface area contributed by atoms with E-state index in [2.05, 4.69) is 4.74 Å². The molecule has 92 valence electrons. The lowest BCUT2D eigenvalue weighted by Crippen LogP contribution is -2.57. The summed E-state index contributed by atoms with van der Waals surface area (Å²) in [7, 11) is -2.34. The lowest BCUT2D eigenvalue weighted by Gasteiger charge is -2.28. The predicted octanol–water partition coefficient (Wildman–Crippen LogP) is -2.73. The zero-order chi connectivity index (χ0) is 11.9. The molecule has 0 amide bonds. The van der Waals surface area contributed by atoms with Gasteiger partial charge in [-0.25, -0.2) is 13.1 Å². The molecule has 0 heterocycles. The second-order valence-corrected chi connectivity index (χ2v) is 5.01. The molecule has 0 bridgehead atoms. The van der Waals surface area contributed by atoms with Gasteiger partial charge in [0.25, 0.3) is 0 Å². The minimum absolute atomic E-state index is 0.00625. The van der Waals surface area contributed by atoms with Crippen LogP contribution < -0.4 is 4.72 Å². The summed E-state index contributed by atoms with van der Waals surface area (Å²) in [6, 6.07) is 0. The highest BCUT2D eigenvalue weighted by molar-refractivity contribution is 7.89. The molecule has 8 heteroatoms. The van der Waals surface area contributed by atoms with Gasteiger partial charge in [-0.2, -0.15) is 0 Å². The van der Waals surface area contributed by atoms with Crippen LogP contribution in [0.15, 0.2) is 0 Å². The molecule has 0 saturated carbocycles. The van der Waals surface area contributed by atoms with Gasteiger partial charge in [-0.15, -0.1) is 0 Å². The van der Waals surface area contributed by atoms with Gasteiger partial charge >= 0.3 is 0 Å². The Morgan fingerprint density at radius 1 is 1.20 bits per heavy atom. The highest BCUT2D eigenvalue weighted by Gasteiger charge is 2.32. The van der Waals surface area contributed by atoms with Crippen LogP contribution in [0.4, 0.5) is 0 Å². The molecular weight excluding hydrogens is 226 g/mol. The summed E-state index contributed by atoms with van der Waals surface area (Å²) < 4.78 is 29.3. The van der Waals surface area contributed by atoms with Crippen molar-refractivity contribution in [2.45, 2.75) is 5.54 Å². The Balaban J connectivity index is 4.52. The standard InChI is InChI=1S/C7H17NO6S/c1-14-2-3-15(12,13)8-7(4-9,5-10)6-11/h8-11H,2-6H2,1H3. The third-order valence-corrected chi connectivity index (χ3v) is 3.28. The molecule has 7 nitrogen and oxygen atoms in total. The Labute approximate surface area is 88.7 Å². The Bertz CT molecular complexity index is 252. The number of aliphatic hydroxyl groups excluding tert-OH is 3. The van der Waals surface area contributed by atoms with E-state index in [0.717, 1.165) is 0 Å². The van der Waals surface area contributed by atoms with Crippen LogP contribution >= 0.6 is 0 Å². The molecule has 0 aliphatic rings. The molecule has 0 aromatic rings. The fourth-order valence-corrected chi connectivity index (χ4v) is 2.16. The number of methoxy groups -OCH3 is 1. The fourth-order valence-electron chi connectivity index (χ4n) is 0.821. The first-order chi connectivity index (χ1) is 6.95. The van der Waals surface area contributed by atoms with E-state index in [1.165, 1.54) is 7.11 Å². The van der Waals surface area contributed by atoms with Crippen molar-refractivity contribution in [3.63, 3.8) is 0 Å². The maximum Gasteiger partial charge on any atom is 0.214 e. The first kappa shape index (κ1) is 14.8. The van der Waals surface area contributed by atoms with Gasteiger partial charge in [0.2, 0.25) is 10.0 Å². The van der Waals surface area contributed by atoms with E-state index in [9.17, 15) is 8.42 Å². The van der Waals surface area contributed by atoms with Gasteiger partial charge in [0.15, 0.2) is 0 Å². The van der Waals surface area contributed by atoms with Gasteiger partial charge in [0, 0.05) is 7.11 Å². The van der Waals surface area contributed by atoms with E-state index >= 15 is 0 Å². The summed E-state index contributed by atoms with van der Waals surface area (Å²) >= 11 is 0. The summed E-state index contributed by atoms with van der Waals surface area (Å²) in [4.78, 5) is 0. The quantitative estimate of drug-likeness (QED) is 0.368. The van der Waals surface area contributed by atoms with Crippen molar-refractivity contribution in [2.24, 2.45) is 0 Å². The summed E-state index contributed by atoms with van der Waals surface area (Å²) in [5, 5.41) is 26.7. The minimum Gasteiger partial charge on any atom is -0.394 e. The van der Waals surface area contributed by atoms with Crippen LogP contribution in [-0.2, 0) is 14.8 Å². The Morgan fingerprint density at radius 3 is 2.00 bits per heavy atom. The van der Waals surface area contributed by atoms with E-state index < -0.39 is 35.4 Å². The van der Waals surface area contributed by atoms with Gasteiger partial charge in [0.1, 0.15) is 5.54 Å². The molecule has 0 unspecified atom stereocenters. The molecular formula is C7H17NO6S. The topological polar surface area (TPSA) is 116 Å². The van der Waals surface area contributed by atoms with Crippen LogP contribution in [0.2, 0.25) is 0 Å². The largest absolute Gasteiger partial charge is 0.394 e. The van der Waals surface area contributed by atoms with E-state index in [1.807, 2.05) is 4.72 Å². The van der Waals surface area contributed by atoms with Crippen molar-refractivity contribution in [3.8, 4) is 0 Å². The Morgan fingerprint density at radius 2 is 1.67 bits per heavy atom. The van der Waals surface area contributed by atoms with Crippen LogP contribution in [-0.4, -0.2) is 68.6 Å². The highest BCUT2D eigenvalue weighted by Crippen LogP contribution is 2.04. The summed E-state index contributed by atoms with van der Waals surface area (Å²) in [5.41, 5.74) is -1.62. The molecule has 0 spiro atoms. The third kappa shape index (κ3) is 4.87. The third-order valence-electron chi connectivity index (χ3n) is 1.84. The highest BCUT2D eigenvalue weighted by atomic mass is 32.2. The number of rotatable bonds is 8. The number of aliphatic hydroxyl groups is 3. The minimum atomic E-state index is -3.69. The van der Waals surface area contributed by atoms with Gasteiger partial charge in [0.05, 0.1) is 32.2 Å². The van der Waals surface area contributed by atoms with Crippen molar-refractivity contribution in [2.75, 3.05) is 39.3 Å². The van der Waals surface area contributed by atoms with Gasteiger partial charge < -0.3 is 20.1 Å². The number of ether oxygens (including phenoxy) is 1. The zero-order valence-electron chi connectivity index (χ0n) is 8.51. The van der Waals surface area contributed by atoms with Crippen molar-refractivity contribution in [3.05, 3.63) is 0 Å². The number of hydrogen-bond acceptors (Lipinski definition) is 6. The summed E-state index contributed by atoms with van der Waals surface area (Å²) in [5.74, 6) is -0.300. The van der Waals surface area contributed by atoms with E-state index in [-0.39, 0.29) is 12.4 Å². The SMILES string of the molecule is COCCS(=O)(=O)NC(CO)(CO)CO. The van der Waals surface area contributed by atoms with E-state index in [0.29, 0.717) is 0 Å².